The fourth-order valence-corrected chi connectivity index (χ4v) is 2.42. The van der Waals surface area contributed by atoms with Crippen LogP contribution in [-0.2, 0) is 0 Å². The molecule has 1 unspecified atom stereocenters. The van der Waals surface area contributed by atoms with Gasteiger partial charge in [-0.2, -0.15) is 0 Å². The molecule has 0 saturated heterocycles. The van der Waals surface area contributed by atoms with E-state index in [2.05, 4.69) is 90.5 Å². The first-order valence-corrected chi connectivity index (χ1v) is 7.33. The Balaban J connectivity index is 2.29. The Morgan fingerprint density at radius 1 is 0.895 bits per heavy atom. The number of hydrogen-bond acceptors (Lipinski definition) is 1. The summed E-state index contributed by atoms with van der Waals surface area (Å²) in [7, 11) is 0. The molecule has 0 aromatic heterocycles. The molecule has 1 atom stereocenters. The van der Waals surface area contributed by atoms with Crippen LogP contribution in [0.2, 0.25) is 0 Å². The molecule has 0 spiro atoms. The van der Waals surface area contributed by atoms with Crippen molar-refractivity contribution in [3.63, 3.8) is 0 Å². The van der Waals surface area contributed by atoms with Crippen molar-refractivity contribution in [2.75, 3.05) is 5.32 Å². The van der Waals surface area contributed by atoms with Crippen molar-refractivity contribution in [2.45, 2.75) is 26.8 Å². The second-order valence-corrected chi connectivity index (χ2v) is 6.78. The number of halogens is 1. The summed E-state index contributed by atoms with van der Waals surface area (Å²) in [6.07, 6.45) is 0. The van der Waals surface area contributed by atoms with Crippen LogP contribution in [0.4, 0.5) is 5.69 Å². The monoisotopic (exact) mass is 317 g/mol. The minimum Gasteiger partial charge on any atom is -0.378 e. The smallest absolute Gasteiger partial charge is 0.0562 e. The van der Waals surface area contributed by atoms with E-state index in [0.717, 1.165) is 10.2 Å². The van der Waals surface area contributed by atoms with Gasteiger partial charge < -0.3 is 5.32 Å². The Bertz CT molecular complexity index is 511. The van der Waals surface area contributed by atoms with Crippen molar-refractivity contribution in [1.29, 1.82) is 0 Å². The molecule has 2 rings (SSSR count). The molecule has 0 bridgehead atoms. The van der Waals surface area contributed by atoms with Gasteiger partial charge in [-0.15, -0.1) is 0 Å². The summed E-state index contributed by atoms with van der Waals surface area (Å²) >= 11 is 3.49. The molecule has 19 heavy (non-hydrogen) atoms. The predicted molar refractivity (Wildman–Crippen MR) is 86.4 cm³/mol. The third-order valence-corrected chi connectivity index (χ3v) is 3.68. The van der Waals surface area contributed by atoms with E-state index in [-0.39, 0.29) is 11.5 Å². The summed E-state index contributed by atoms with van der Waals surface area (Å²) in [4.78, 5) is 0. The van der Waals surface area contributed by atoms with Crippen molar-refractivity contribution in [2.24, 2.45) is 5.41 Å². The number of hydrogen-bond donors (Lipinski definition) is 1. The molecule has 2 aromatic carbocycles. The predicted octanol–water partition coefficient (Wildman–Crippen LogP) is 5.65. The average Bonchev–Trinajstić information content (AvgIpc) is 2.37. The number of para-hydroxylation sites is 1. The van der Waals surface area contributed by atoms with Crippen LogP contribution in [0, 0.1) is 5.41 Å². The maximum Gasteiger partial charge on any atom is 0.0562 e. The molecule has 0 aliphatic rings. The first kappa shape index (κ1) is 14.1. The van der Waals surface area contributed by atoms with E-state index in [1.165, 1.54) is 5.56 Å². The zero-order valence-corrected chi connectivity index (χ0v) is 13.2. The van der Waals surface area contributed by atoms with Gasteiger partial charge in [0.25, 0.3) is 0 Å². The lowest BCUT2D eigenvalue weighted by Gasteiger charge is -2.33. The summed E-state index contributed by atoms with van der Waals surface area (Å²) < 4.78 is 1.11. The van der Waals surface area contributed by atoms with E-state index in [9.17, 15) is 0 Å². The highest BCUT2D eigenvalue weighted by atomic mass is 79.9. The molecule has 100 valence electrons. The van der Waals surface area contributed by atoms with E-state index in [4.69, 9.17) is 0 Å². The SMILES string of the molecule is CC(C)(C)C(Nc1ccccc1)c1ccc(Br)cc1. The zero-order chi connectivity index (χ0) is 13.9. The van der Waals surface area contributed by atoms with Crippen molar-refractivity contribution >= 4 is 21.6 Å². The van der Waals surface area contributed by atoms with Crippen LogP contribution in [0.15, 0.2) is 59.1 Å². The average molecular weight is 318 g/mol. The molecule has 0 saturated carbocycles. The van der Waals surface area contributed by atoms with Crippen LogP contribution in [0.1, 0.15) is 32.4 Å². The Morgan fingerprint density at radius 3 is 2.00 bits per heavy atom. The molecule has 2 aromatic rings. The molecule has 1 nitrogen and oxygen atoms in total. The van der Waals surface area contributed by atoms with E-state index in [1.807, 2.05) is 6.07 Å². The molecule has 0 fully saturated rings. The Morgan fingerprint density at radius 2 is 1.47 bits per heavy atom. The van der Waals surface area contributed by atoms with E-state index >= 15 is 0 Å². The van der Waals surface area contributed by atoms with Gasteiger partial charge in [0.05, 0.1) is 6.04 Å². The standard InChI is InChI=1S/C17H20BrN/c1-17(2,3)16(13-9-11-14(18)12-10-13)19-15-7-5-4-6-8-15/h4-12,16,19H,1-3H3. The van der Waals surface area contributed by atoms with E-state index in [1.54, 1.807) is 0 Å². The second-order valence-electron chi connectivity index (χ2n) is 5.86. The van der Waals surface area contributed by atoms with Gasteiger partial charge in [0.15, 0.2) is 0 Å². The van der Waals surface area contributed by atoms with Crippen LogP contribution in [0.3, 0.4) is 0 Å². The summed E-state index contributed by atoms with van der Waals surface area (Å²) in [5, 5.41) is 3.64. The number of rotatable bonds is 3. The second kappa shape index (κ2) is 5.79. The van der Waals surface area contributed by atoms with Crippen LogP contribution in [-0.4, -0.2) is 0 Å². The van der Waals surface area contributed by atoms with Gasteiger partial charge in [0.2, 0.25) is 0 Å². The normalized spacial score (nSPS) is 13.1. The quantitative estimate of drug-likeness (QED) is 0.771. The summed E-state index contributed by atoms with van der Waals surface area (Å²) in [5.41, 5.74) is 2.61. The van der Waals surface area contributed by atoms with Gasteiger partial charge in [0.1, 0.15) is 0 Å². The molecular formula is C17H20BrN. The molecule has 0 heterocycles. The molecule has 2 heteroatoms. The first-order valence-electron chi connectivity index (χ1n) is 6.54. The molecular weight excluding hydrogens is 298 g/mol. The molecule has 0 aliphatic carbocycles. The minimum atomic E-state index is 0.143. The Kier molecular flexibility index (Phi) is 4.31. The van der Waals surface area contributed by atoms with Crippen molar-refractivity contribution in [1.82, 2.24) is 0 Å². The highest BCUT2D eigenvalue weighted by Gasteiger charge is 2.26. The third-order valence-electron chi connectivity index (χ3n) is 3.15. The first-order chi connectivity index (χ1) is 8.97. The number of anilines is 1. The lowest BCUT2D eigenvalue weighted by molar-refractivity contribution is 0.347. The lowest BCUT2D eigenvalue weighted by Crippen LogP contribution is -2.25. The van der Waals surface area contributed by atoms with Crippen LogP contribution in [0.5, 0.6) is 0 Å². The van der Waals surface area contributed by atoms with Gasteiger partial charge in [-0.05, 0) is 35.2 Å². The largest absolute Gasteiger partial charge is 0.378 e. The van der Waals surface area contributed by atoms with Crippen LogP contribution in [0.25, 0.3) is 0 Å². The molecule has 1 N–H and O–H groups in total. The van der Waals surface area contributed by atoms with E-state index in [0.29, 0.717) is 0 Å². The van der Waals surface area contributed by atoms with Gasteiger partial charge in [-0.25, -0.2) is 0 Å². The fourth-order valence-electron chi connectivity index (χ4n) is 2.16. The maximum absolute atomic E-state index is 3.64. The summed E-state index contributed by atoms with van der Waals surface area (Å²) in [5.74, 6) is 0. The fraction of sp³-hybridized carbons (Fsp3) is 0.294. The number of nitrogens with one attached hydrogen (secondary N) is 1. The summed E-state index contributed by atoms with van der Waals surface area (Å²) in [6.45, 7) is 6.78. The van der Waals surface area contributed by atoms with E-state index < -0.39 is 0 Å². The molecule has 0 aliphatic heterocycles. The van der Waals surface area contributed by atoms with Crippen LogP contribution >= 0.6 is 15.9 Å². The summed E-state index contributed by atoms with van der Waals surface area (Å²) in [6, 6.07) is 19.2. The Hall–Kier alpha value is -1.28. The van der Waals surface area contributed by atoms with Crippen LogP contribution < -0.4 is 5.32 Å². The maximum atomic E-state index is 3.64. The van der Waals surface area contributed by atoms with Crippen molar-refractivity contribution in [3.05, 3.63) is 64.6 Å². The molecule has 0 amide bonds. The Labute approximate surface area is 124 Å². The van der Waals surface area contributed by atoms with Gasteiger partial charge in [-0.1, -0.05) is 67.0 Å². The van der Waals surface area contributed by atoms with Gasteiger partial charge >= 0.3 is 0 Å². The van der Waals surface area contributed by atoms with Crippen molar-refractivity contribution in [3.8, 4) is 0 Å². The van der Waals surface area contributed by atoms with Gasteiger partial charge in [-0.3, -0.25) is 0 Å². The zero-order valence-electron chi connectivity index (χ0n) is 11.7. The third kappa shape index (κ3) is 3.84. The highest BCUT2D eigenvalue weighted by Crippen LogP contribution is 2.36. The molecule has 0 radical (unpaired) electrons. The topological polar surface area (TPSA) is 12.0 Å². The van der Waals surface area contributed by atoms with Crippen molar-refractivity contribution < 1.29 is 0 Å². The number of benzene rings is 2. The lowest BCUT2D eigenvalue weighted by atomic mass is 9.82. The van der Waals surface area contributed by atoms with Gasteiger partial charge in [0, 0.05) is 10.2 Å². The highest BCUT2D eigenvalue weighted by molar-refractivity contribution is 9.10. The minimum absolute atomic E-state index is 0.143.